The zero-order valence-electron chi connectivity index (χ0n) is 41.4. The van der Waals surface area contributed by atoms with Crippen molar-refractivity contribution >= 4 is 54.1 Å². The molecule has 0 aliphatic heterocycles. The molecule has 0 bridgehead atoms. The van der Waals surface area contributed by atoms with Gasteiger partial charge in [-0.05, 0) is 125 Å². The standard InChI is InChI=1S/C47H89NO6SSi3/c1-23-25-38(43(51)47(15,16)40(31-41(49)50)53-57(19,20)45(9,10)11)42(54-58(21,22)46(12,13)14)34(3)27-24-26-33(2)28-29-39(52-56(17,18)44(6,7)8)35(4)30-37-32-55-36(5)48-37/h28,30,32,34,38-40,42H,23-27,29,31H2,1-22H3,(H,49,50)/b33-28-,35-30+/t34?,38-,39+,40?,42+/m1/s1. The van der Waals surface area contributed by atoms with E-state index in [2.05, 4.69) is 147 Å². The Morgan fingerprint density at radius 1 is 0.828 bits per heavy atom. The van der Waals surface area contributed by atoms with E-state index in [1.54, 1.807) is 11.3 Å². The molecule has 0 spiro atoms. The van der Waals surface area contributed by atoms with Crippen LogP contribution in [0.5, 0.6) is 0 Å². The number of aliphatic carboxylic acids is 1. The quantitative estimate of drug-likeness (QED) is 0.0864. The van der Waals surface area contributed by atoms with Crippen molar-refractivity contribution in [2.75, 3.05) is 0 Å². The molecule has 1 aromatic heterocycles. The summed E-state index contributed by atoms with van der Waals surface area (Å²) in [6.07, 6.45) is 8.51. The van der Waals surface area contributed by atoms with E-state index in [0.717, 1.165) is 42.8 Å². The third-order valence-corrected chi connectivity index (χ3v) is 28.1. The Balaban J connectivity index is 3.50. The Morgan fingerprint density at radius 3 is 1.78 bits per heavy atom. The van der Waals surface area contributed by atoms with Gasteiger partial charge in [0.15, 0.2) is 25.0 Å². The number of ketones is 1. The molecule has 11 heteroatoms. The number of thiazole rings is 1. The van der Waals surface area contributed by atoms with Crippen LogP contribution in [-0.2, 0) is 22.9 Å². The smallest absolute Gasteiger partial charge is 0.305 e. The maximum atomic E-state index is 15.1. The van der Waals surface area contributed by atoms with Gasteiger partial charge in [0.2, 0.25) is 0 Å². The van der Waals surface area contributed by atoms with Gasteiger partial charge in [0.25, 0.3) is 0 Å². The molecule has 0 aliphatic rings. The topological polar surface area (TPSA) is 95.0 Å². The van der Waals surface area contributed by atoms with Gasteiger partial charge in [-0.15, -0.1) is 11.3 Å². The average Bonchev–Trinajstić information content (AvgIpc) is 3.45. The molecule has 1 aromatic rings. The number of carboxylic acid groups (broad SMARTS) is 1. The van der Waals surface area contributed by atoms with Crippen LogP contribution in [-0.4, -0.2) is 65.1 Å². The van der Waals surface area contributed by atoms with E-state index in [0.29, 0.717) is 6.42 Å². The summed E-state index contributed by atoms with van der Waals surface area (Å²) in [5.74, 6) is -1.13. The molecule has 0 aliphatic carbocycles. The minimum atomic E-state index is -2.40. The zero-order valence-corrected chi connectivity index (χ0v) is 45.2. The average molecular weight is 881 g/mol. The third kappa shape index (κ3) is 15.9. The highest BCUT2D eigenvalue weighted by Gasteiger charge is 2.50. The van der Waals surface area contributed by atoms with Crippen molar-refractivity contribution in [3.8, 4) is 0 Å². The molecule has 0 aromatic carbocycles. The van der Waals surface area contributed by atoms with E-state index in [1.165, 1.54) is 11.1 Å². The molecule has 0 amide bonds. The molecule has 1 rings (SSSR count). The Bertz CT molecular complexity index is 1540. The van der Waals surface area contributed by atoms with E-state index >= 15 is 4.79 Å². The fraction of sp³-hybridized carbons (Fsp3) is 0.809. The second-order valence-electron chi connectivity index (χ2n) is 22.5. The summed E-state index contributed by atoms with van der Waals surface area (Å²) in [6.45, 7) is 48.2. The summed E-state index contributed by atoms with van der Waals surface area (Å²) in [5.41, 5.74) is 2.53. The summed E-state index contributed by atoms with van der Waals surface area (Å²) >= 11 is 1.67. The van der Waals surface area contributed by atoms with Gasteiger partial charge in [0.05, 0.1) is 35.4 Å². The van der Waals surface area contributed by atoms with Gasteiger partial charge in [0.1, 0.15) is 5.78 Å². The van der Waals surface area contributed by atoms with Crippen LogP contribution in [0.3, 0.4) is 0 Å². The predicted molar refractivity (Wildman–Crippen MR) is 258 cm³/mol. The second kappa shape index (κ2) is 21.2. The molecular formula is C47H89NO6SSi3. The largest absolute Gasteiger partial charge is 0.481 e. The van der Waals surface area contributed by atoms with Crippen LogP contribution in [0.15, 0.2) is 22.6 Å². The van der Waals surface area contributed by atoms with Crippen molar-refractivity contribution in [1.29, 1.82) is 0 Å². The Labute approximate surface area is 364 Å². The highest BCUT2D eigenvalue weighted by atomic mass is 32.1. The lowest BCUT2D eigenvalue weighted by molar-refractivity contribution is -0.147. The van der Waals surface area contributed by atoms with Crippen LogP contribution >= 0.6 is 11.3 Å². The fourth-order valence-electron chi connectivity index (χ4n) is 6.55. The van der Waals surface area contributed by atoms with Crippen molar-refractivity contribution in [3.05, 3.63) is 33.3 Å². The number of carbonyl (C=O) groups excluding carboxylic acids is 1. The van der Waals surface area contributed by atoms with E-state index in [4.69, 9.17) is 18.3 Å². The minimum absolute atomic E-state index is 0.0196. The molecule has 0 fully saturated rings. The van der Waals surface area contributed by atoms with Crippen molar-refractivity contribution in [3.63, 3.8) is 0 Å². The van der Waals surface area contributed by atoms with Gasteiger partial charge in [-0.3, -0.25) is 9.59 Å². The SMILES string of the molecule is CCC[C@@H](C(=O)C(C)(C)C(CC(=O)O)O[Si](C)(C)C(C)(C)C)[C@@H](O[Si](C)(C)C(C)(C)C)C(C)CCC/C(C)=C\C[C@H](O[Si](C)(C)C(C)(C)C)/C(C)=C/c1csc(C)n1. The molecule has 0 radical (unpaired) electrons. The molecular weight excluding hydrogens is 791 g/mol. The first-order valence-corrected chi connectivity index (χ1v) is 31.7. The second-order valence-corrected chi connectivity index (χ2v) is 37.8. The zero-order chi connectivity index (χ0) is 45.5. The summed E-state index contributed by atoms with van der Waals surface area (Å²) in [5, 5.41) is 13.2. The van der Waals surface area contributed by atoms with Crippen molar-refractivity contribution in [1.82, 2.24) is 4.98 Å². The first-order valence-electron chi connectivity index (χ1n) is 22.1. The first-order chi connectivity index (χ1) is 26.0. The summed E-state index contributed by atoms with van der Waals surface area (Å²) < 4.78 is 21.2. The predicted octanol–water partition coefficient (Wildman–Crippen LogP) is 14.7. The lowest BCUT2D eigenvalue weighted by atomic mass is 9.71. The Hall–Kier alpha value is -1.22. The first kappa shape index (κ1) is 54.8. The third-order valence-electron chi connectivity index (χ3n) is 13.8. The van der Waals surface area contributed by atoms with Crippen LogP contribution < -0.4 is 0 Å². The molecule has 5 atom stereocenters. The van der Waals surface area contributed by atoms with Crippen LogP contribution in [0.2, 0.25) is 54.4 Å². The number of aryl methyl sites for hydroxylation is 1. The van der Waals surface area contributed by atoms with Gasteiger partial charge in [-0.2, -0.15) is 0 Å². The number of nitrogens with zero attached hydrogens (tertiary/aromatic N) is 1. The molecule has 7 nitrogen and oxygen atoms in total. The van der Waals surface area contributed by atoms with Crippen LogP contribution in [0.1, 0.15) is 160 Å². The van der Waals surface area contributed by atoms with Crippen molar-refractivity contribution in [2.45, 2.75) is 228 Å². The highest BCUT2D eigenvalue weighted by molar-refractivity contribution is 7.09. The number of rotatable bonds is 23. The van der Waals surface area contributed by atoms with Gasteiger partial charge < -0.3 is 18.4 Å². The fourth-order valence-corrected chi connectivity index (χ4v) is 11.3. The number of Topliss-reactive ketones (excluding diaryl/α,β-unsaturated/α-hetero) is 1. The van der Waals surface area contributed by atoms with Crippen molar-refractivity contribution in [2.24, 2.45) is 17.3 Å². The van der Waals surface area contributed by atoms with Gasteiger partial charge >= 0.3 is 5.97 Å². The summed E-state index contributed by atoms with van der Waals surface area (Å²) in [6, 6.07) is 0. The molecule has 2 unspecified atom stereocenters. The minimum Gasteiger partial charge on any atom is -0.481 e. The summed E-state index contributed by atoms with van der Waals surface area (Å²) in [4.78, 5) is 32.1. The molecule has 58 heavy (non-hydrogen) atoms. The van der Waals surface area contributed by atoms with Crippen LogP contribution in [0.4, 0.5) is 0 Å². The maximum absolute atomic E-state index is 15.1. The number of carboxylic acids is 1. The number of hydrogen-bond acceptors (Lipinski definition) is 7. The molecule has 1 heterocycles. The molecule has 0 saturated heterocycles. The van der Waals surface area contributed by atoms with Crippen molar-refractivity contribution < 1.29 is 28.0 Å². The van der Waals surface area contributed by atoms with Gasteiger partial charge in [-0.25, -0.2) is 4.98 Å². The lowest BCUT2D eigenvalue weighted by Gasteiger charge is -2.47. The highest BCUT2D eigenvalue weighted by Crippen LogP contribution is 2.45. The number of aromatic nitrogens is 1. The van der Waals surface area contributed by atoms with E-state index in [-0.39, 0.29) is 51.4 Å². The lowest BCUT2D eigenvalue weighted by Crippen LogP contribution is -2.55. The number of carbonyl (C=O) groups is 2. The van der Waals surface area contributed by atoms with E-state index < -0.39 is 42.4 Å². The monoisotopic (exact) mass is 880 g/mol. The summed E-state index contributed by atoms with van der Waals surface area (Å²) in [7, 11) is -6.74. The Kier molecular flexibility index (Phi) is 20.1. The number of allylic oxidation sites excluding steroid dienone is 1. The Morgan fingerprint density at radius 2 is 1.33 bits per heavy atom. The van der Waals surface area contributed by atoms with Gasteiger partial charge in [-0.1, -0.05) is 108 Å². The maximum Gasteiger partial charge on any atom is 0.305 e. The van der Waals surface area contributed by atoms with Crippen LogP contribution in [0, 0.1) is 24.2 Å². The van der Waals surface area contributed by atoms with E-state index in [9.17, 15) is 9.90 Å². The molecule has 336 valence electrons. The molecule has 0 saturated carbocycles. The molecule has 1 N–H and O–H groups in total. The number of hydrogen-bond donors (Lipinski definition) is 1. The van der Waals surface area contributed by atoms with Gasteiger partial charge in [0, 0.05) is 16.7 Å². The van der Waals surface area contributed by atoms with Crippen LogP contribution in [0.25, 0.3) is 6.08 Å². The van der Waals surface area contributed by atoms with E-state index in [1.807, 2.05) is 20.8 Å². The normalized spacial score (nSPS) is 17.2.